The number of nitro groups is 1. The number of hydrogen-bond donors (Lipinski definition) is 1. The van der Waals surface area contributed by atoms with Crippen LogP contribution >= 0.6 is 0 Å². The summed E-state index contributed by atoms with van der Waals surface area (Å²) >= 11 is 0. The summed E-state index contributed by atoms with van der Waals surface area (Å²) in [6, 6.07) is 7.57. The van der Waals surface area contributed by atoms with Crippen LogP contribution < -0.4 is 5.32 Å². The highest BCUT2D eigenvalue weighted by atomic mass is 16.6. The second-order valence-corrected chi connectivity index (χ2v) is 7.75. The van der Waals surface area contributed by atoms with Crippen LogP contribution in [0.5, 0.6) is 0 Å². The molecule has 2 aliphatic heterocycles. The molecule has 28 heavy (non-hydrogen) atoms. The van der Waals surface area contributed by atoms with E-state index in [0.29, 0.717) is 6.04 Å². The van der Waals surface area contributed by atoms with Crippen LogP contribution in [0, 0.1) is 10.1 Å². The largest absolute Gasteiger partial charge is 0.357 e. The number of aryl methyl sites for hydroxylation is 1. The Labute approximate surface area is 168 Å². The topological polar surface area (TPSA) is 74.0 Å². The minimum absolute atomic E-state index is 0.154. The van der Waals surface area contributed by atoms with Crippen molar-refractivity contribution in [2.24, 2.45) is 4.99 Å². The predicted octanol–water partition coefficient (Wildman–Crippen LogP) is 3.05. The SMILES string of the molecule is CCNC(=NCCCCc1ccc([N+](=O)[O-])cc1)N1CCC(N2CCCC2)C1. The van der Waals surface area contributed by atoms with Crippen LogP contribution in [-0.2, 0) is 6.42 Å². The lowest BCUT2D eigenvalue weighted by atomic mass is 10.1. The molecule has 1 aromatic carbocycles. The third kappa shape index (κ3) is 5.67. The highest BCUT2D eigenvalue weighted by Crippen LogP contribution is 2.20. The monoisotopic (exact) mass is 387 g/mol. The molecule has 154 valence electrons. The average Bonchev–Trinajstić information content (AvgIpc) is 3.39. The van der Waals surface area contributed by atoms with E-state index in [2.05, 4.69) is 22.0 Å². The van der Waals surface area contributed by atoms with E-state index >= 15 is 0 Å². The summed E-state index contributed by atoms with van der Waals surface area (Å²) in [6.45, 7) is 8.54. The molecule has 0 saturated carbocycles. The molecule has 2 heterocycles. The molecule has 2 fully saturated rings. The van der Waals surface area contributed by atoms with Crippen molar-refractivity contribution in [3.05, 3.63) is 39.9 Å². The Bertz CT molecular complexity index is 655. The van der Waals surface area contributed by atoms with E-state index in [9.17, 15) is 10.1 Å². The van der Waals surface area contributed by atoms with Crippen LogP contribution in [-0.4, -0.2) is 66.0 Å². The van der Waals surface area contributed by atoms with E-state index < -0.39 is 0 Å². The molecule has 3 rings (SSSR count). The van der Waals surface area contributed by atoms with Gasteiger partial charge in [0.15, 0.2) is 5.96 Å². The van der Waals surface area contributed by atoms with Crippen molar-refractivity contribution in [1.82, 2.24) is 15.1 Å². The second kappa shape index (κ2) is 10.4. The van der Waals surface area contributed by atoms with Crippen molar-refractivity contribution in [2.75, 3.05) is 39.3 Å². The Balaban J connectivity index is 1.42. The highest BCUT2D eigenvalue weighted by molar-refractivity contribution is 5.80. The van der Waals surface area contributed by atoms with Gasteiger partial charge in [0.2, 0.25) is 0 Å². The van der Waals surface area contributed by atoms with E-state index in [1.165, 1.54) is 32.4 Å². The summed E-state index contributed by atoms with van der Waals surface area (Å²) in [7, 11) is 0. The number of nitrogens with one attached hydrogen (secondary N) is 1. The van der Waals surface area contributed by atoms with Gasteiger partial charge in [-0.3, -0.25) is 20.0 Å². The summed E-state index contributed by atoms with van der Waals surface area (Å²) in [5, 5.41) is 14.2. The first kappa shape index (κ1) is 20.6. The van der Waals surface area contributed by atoms with Gasteiger partial charge in [-0.25, -0.2) is 0 Å². The van der Waals surface area contributed by atoms with E-state index in [1.54, 1.807) is 12.1 Å². The van der Waals surface area contributed by atoms with Gasteiger partial charge in [0.05, 0.1) is 4.92 Å². The Hall–Kier alpha value is -2.15. The molecule has 1 N–H and O–H groups in total. The fourth-order valence-corrected chi connectivity index (χ4v) is 4.18. The van der Waals surface area contributed by atoms with Gasteiger partial charge in [-0.15, -0.1) is 0 Å². The highest BCUT2D eigenvalue weighted by Gasteiger charge is 2.30. The molecule has 7 heteroatoms. The number of nitrogens with zero attached hydrogens (tertiary/aromatic N) is 4. The molecule has 0 aromatic heterocycles. The summed E-state index contributed by atoms with van der Waals surface area (Å²) in [6.07, 6.45) is 6.93. The van der Waals surface area contributed by atoms with Gasteiger partial charge in [0.25, 0.3) is 5.69 Å². The normalized spacial score (nSPS) is 20.7. The Morgan fingerprint density at radius 1 is 1.21 bits per heavy atom. The molecule has 7 nitrogen and oxygen atoms in total. The van der Waals surface area contributed by atoms with Crippen molar-refractivity contribution in [1.29, 1.82) is 0 Å². The molecule has 0 spiro atoms. The number of guanidine groups is 1. The molecule has 0 aliphatic carbocycles. The lowest BCUT2D eigenvalue weighted by Crippen LogP contribution is -2.42. The van der Waals surface area contributed by atoms with Crippen LogP contribution in [0.2, 0.25) is 0 Å². The first-order valence-electron chi connectivity index (χ1n) is 10.7. The fraction of sp³-hybridized carbons (Fsp3) is 0.667. The maximum absolute atomic E-state index is 10.7. The van der Waals surface area contributed by atoms with Gasteiger partial charge in [0, 0.05) is 44.4 Å². The quantitative estimate of drug-likeness (QED) is 0.244. The summed E-state index contributed by atoms with van der Waals surface area (Å²) in [5.41, 5.74) is 1.30. The van der Waals surface area contributed by atoms with Gasteiger partial charge in [-0.1, -0.05) is 12.1 Å². The smallest absolute Gasteiger partial charge is 0.269 e. The van der Waals surface area contributed by atoms with Crippen LogP contribution in [0.3, 0.4) is 0 Å². The van der Waals surface area contributed by atoms with Crippen LogP contribution in [0.1, 0.15) is 44.6 Å². The Kier molecular flexibility index (Phi) is 7.65. The number of benzene rings is 1. The van der Waals surface area contributed by atoms with Crippen LogP contribution in [0.25, 0.3) is 0 Å². The van der Waals surface area contributed by atoms with Crippen LogP contribution in [0.15, 0.2) is 29.3 Å². The maximum Gasteiger partial charge on any atom is 0.269 e. The van der Waals surface area contributed by atoms with Gasteiger partial charge >= 0.3 is 0 Å². The van der Waals surface area contributed by atoms with E-state index in [4.69, 9.17) is 4.99 Å². The van der Waals surface area contributed by atoms with Crippen molar-refractivity contribution in [2.45, 2.75) is 51.5 Å². The van der Waals surface area contributed by atoms with E-state index in [1.807, 2.05) is 12.1 Å². The fourth-order valence-electron chi connectivity index (χ4n) is 4.18. The number of unbranched alkanes of at least 4 members (excludes halogenated alkanes) is 1. The Morgan fingerprint density at radius 2 is 1.96 bits per heavy atom. The van der Waals surface area contributed by atoms with E-state index in [0.717, 1.165) is 57.0 Å². The van der Waals surface area contributed by atoms with Crippen molar-refractivity contribution < 1.29 is 4.92 Å². The number of aliphatic imine (C=N–C) groups is 1. The summed E-state index contributed by atoms with van der Waals surface area (Å²) < 4.78 is 0. The second-order valence-electron chi connectivity index (χ2n) is 7.75. The molecule has 1 atom stereocenters. The molecule has 1 unspecified atom stereocenters. The first-order chi connectivity index (χ1) is 13.7. The molecule has 1 aromatic rings. The van der Waals surface area contributed by atoms with E-state index in [-0.39, 0.29) is 10.6 Å². The predicted molar refractivity (Wildman–Crippen MR) is 113 cm³/mol. The zero-order valence-corrected chi connectivity index (χ0v) is 17.0. The maximum atomic E-state index is 10.7. The van der Waals surface area contributed by atoms with Gasteiger partial charge < -0.3 is 10.2 Å². The lowest BCUT2D eigenvalue weighted by Gasteiger charge is -2.25. The van der Waals surface area contributed by atoms with Crippen molar-refractivity contribution in [3.8, 4) is 0 Å². The first-order valence-corrected chi connectivity index (χ1v) is 10.7. The third-order valence-corrected chi connectivity index (χ3v) is 5.74. The molecule has 0 radical (unpaired) electrons. The van der Waals surface area contributed by atoms with Gasteiger partial charge in [-0.05, 0) is 64.1 Å². The van der Waals surface area contributed by atoms with Gasteiger partial charge in [-0.2, -0.15) is 0 Å². The third-order valence-electron chi connectivity index (χ3n) is 5.74. The standard InChI is InChI=1S/C21H33N5O2/c1-2-22-21(25-16-12-20(17-25)24-14-5-6-15-24)23-13-4-3-7-18-8-10-19(11-9-18)26(27)28/h8-11,20H,2-7,12-17H2,1H3,(H,22,23). The van der Waals surface area contributed by atoms with Crippen molar-refractivity contribution in [3.63, 3.8) is 0 Å². The lowest BCUT2D eigenvalue weighted by molar-refractivity contribution is -0.384. The molecule has 0 bridgehead atoms. The zero-order chi connectivity index (χ0) is 19.8. The minimum atomic E-state index is -0.354. The number of hydrogen-bond acceptors (Lipinski definition) is 4. The molecule has 2 saturated heterocycles. The number of likely N-dealkylation sites (tertiary alicyclic amines) is 2. The number of non-ortho nitro benzene ring substituents is 1. The molecule has 2 aliphatic rings. The summed E-state index contributed by atoms with van der Waals surface area (Å²) in [4.78, 5) is 20.3. The minimum Gasteiger partial charge on any atom is -0.357 e. The number of rotatable bonds is 8. The molecule has 0 amide bonds. The van der Waals surface area contributed by atoms with Gasteiger partial charge in [0.1, 0.15) is 0 Å². The average molecular weight is 388 g/mol. The summed E-state index contributed by atoms with van der Waals surface area (Å²) in [5.74, 6) is 1.06. The van der Waals surface area contributed by atoms with Crippen molar-refractivity contribution >= 4 is 11.6 Å². The molecular weight excluding hydrogens is 354 g/mol. The zero-order valence-electron chi connectivity index (χ0n) is 17.0. The molecular formula is C21H33N5O2. The number of nitro benzene ring substituents is 1. The van der Waals surface area contributed by atoms with Crippen LogP contribution in [0.4, 0.5) is 5.69 Å². The Morgan fingerprint density at radius 3 is 2.64 bits per heavy atom.